The van der Waals surface area contributed by atoms with Gasteiger partial charge in [-0.2, -0.15) is 0 Å². The molecular formula is C18H16. The molecule has 0 N–H and O–H groups in total. The lowest BCUT2D eigenvalue weighted by Crippen LogP contribution is -2.19. The minimum atomic E-state index is 0.412. The van der Waals surface area contributed by atoms with Gasteiger partial charge in [-0.15, -0.1) is 0 Å². The molecule has 0 nitrogen and oxygen atoms in total. The van der Waals surface area contributed by atoms with Crippen LogP contribution in [0, 0.1) is 5.92 Å². The number of allylic oxidation sites excluding steroid dienone is 15. The fourth-order valence-corrected chi connectivity index (χ4v) is 2.88. The molecule has 0 bridgehead atoms. The third kappa shape index (κ3) is 1.53. The fourth-order valence-electron chi connectivity index (χ4n) is 2.88. The zero-order chi connectivity index (χ0) is 12.5. The molecule has 0 saturated carbocycles. The molecular weight excluding hydrogens is 216 g/mol. The molecule has 1 unspecified atom stereocenters. The number of rotatable bonds is 1. The zero-order valence-electron chi connectivity index (χ0n) is 10.6. The third-order valence-electron chi connectivity index (χ3n) is 3.66. The molecule has 0 amide bonds. The van der Waals surface area contributed by atoms with E-state index in [0.29, 0.717) is 5.92 Å². The smallest absolute Gasteiger partial charge is 0.0346 e. The van der Waals surface area contributed by atoms with E-state index in [0.717, 1.165) is 0 Å². The molecule has 1 atom stereocenters. The molecule has 0 fully saturated rings. The van der Waals surface area contributed by atoms with Gasteiger partial charge in [-0.1, -0.05) is 67.3 Å². The highest BCUT2D eigenvalue weighted by atomic mass is 14.3. The maximum Gasteiger partial charge on any atom is 0.0346 e. The molecule has 0 aromatic heterocycles. The first-order chi connectivity index (χ1) is 8.85. The Morgan fingerprint density at radius 3 is 2.67 bits per heavy atom. The first-order valence-electron chi connectivity index (χ1n) is 6.33. The van der Waals surface area contributed by atoms with E-state index in [4.69, 9.17) is 0 Å². The summed E-state index contributed by atoms with van der Waals surface area (Å²) in [5, 5.41) is 0. The highest BCUT2D eigenvalue weighted by Gasteiger charge is 2.30. The molecule has 0 aliphatic heterocycles. The Hall–Kier alpha value is -2.08. The average molecular weight is 232 g/mol. The van der Waals surface area contributed by atoms with E-state index in [1.54, 1.807) is 0 Å². The summed E-state index contributed by atoms with van der Waals surface area (Å²) in [4.78, 5) is 0. The van der Waals surface area contributed by atoms with Gasteiger partial charge in [0, 0.05) is 5.92 Å². The van der Waals surface area contributed by atoms with Crippen LogP contribution in [0.2, 0.25) is 0 Å². The Labute approximate surface area is 108 Å². The Kier molecular flexibility index (Phi) is 2.64. The van der Waals surface area contributed by atoms with E-state index in [-0.39, 0.29) is 0 Å². The van der Waals surface area contributed by atoms with Crippen LogP contribution in [-0.2, 0) is 0 Å². The van der Waals surface area contributed by atoms with Crippen molar-refractivity contribution in [1.29, 1.82) is 0 Å². The summed E-state index contributed by atoms with van der Waals surface area (Å²) in [5.74, 6) is 0.412. The van der Waals surface area contributed by atoms with E-state index in [2.05, 4.69) is 68.2 Å². The standard InChI is InChI=1S/C18H16/c1-3-7-16-13(4-2)12-15-10-5-8-14-9-6-11-17(16)18(14)15/h3-12,18H,1H2,2H3/b13-4-,16-7+. The molecule has 3 aliphatic carbocycles. The maximum atomic E-state index is 3.84. The van der Waals surface area contributed by atoms with Gasteiger partial charge in [-0.3, -0.25) is 0 Å². The summed E-state index contributed by atoms with van der Waals surface area (Å²) in [6.07, 6.45) is 21.6. The summed E-state index contributed by atoms with van der Waals surface area (Å²) in [7, 11) is 0. The molecule has 0 heterocycles. The summed E-state index contributed by atoms with van der Waals surface area (Å²) < 4.78 is 0. The van der Waals surface area contributed by atoms with Gasteiger partial charge in [0.1, 0.15) is 0 Å². The third-order valence-corrected chi connectivity index (χ3v) is 3.66. The average Bonchev–Trinajstić information content (AvgIpc) is 2.42. The van der Waals surface area contributed by atoms with Crippen LogP contribution in [0.3, 0.4) is 0 Å². The van der Waals surface area contributed by atoms with Crippen molar-refractivity contribution in [2.24, 2.45) is 5.92 Å². The molecule has 0 radical (unpaired) electrons. The molecule has 0 heteroatoms. The van der Waals surface area contributed by atoms with Gasteiger partial charge in [0.2, 0.25) is 0 Å². The van der Waals surface area contributed by atoms with Crippen LogP contribution in [0.25, 0.3) is 0 Å². The Bertz CT molecular complexity index is 610. The first kappa shape index (κ1) is 11.0. The highest BCUT2D eigenvalue weighted by molar-refractivity contribution is 5.68. The molecule has 88 valence electrons. The molecule has 3 rings (SSSR count). The van der Waals surface area contributed by atoms with Crippen LogP contribution in [0.1, 0.15) is 6.92 Å². The SMILES string of the molecule is C=C/C=C1/C2=CC=CC3=CC=CC(=C/C1=C/C)C32. The van der Waals surface area contributed by atoms with Gasteiger partial charge in [-0.05, 0) is 34.8 Å². The first-order valence-corrected chi connectivity index (χ1v) is 6.33. The van der Waals surface area contributed by atoms with E-state index >= 15 is 0 Å². The van der Waals surface area contributed by atoms with Gasteiger partial charge in [-0.25, -0.2) is 0 Å². The van der Waals surface area contributed by atoms with Gasteiger partial charge in [0.25, 0.3) is 0 Å². The van der Waals surface area contributed by atoms with E-state index < -0.39 is 0 Å². The minimum absolute atomic E-state index is 0.412. The molecule has 0 aromatic rings. The Morgan fingerprint density at radius 1 is 1.11 bits per heavy atom. The van der Waals surface area contributed by atoms with Gasteiger partial charge in [0.15, 0.2) is 0 Å². The Morgan fingerprint density at radius 2 is 1.89 bits per heavy atom. The minimum Gasteiger partial charge on any atom is -0.0990 e. The summed E-state index contributed by atoms with van der Waals surface area (Å²) in [5.41, 5.74) is 6.74. The lowest BCUT2D eigenvalue weighted by molar-refractivity contribution is 0.855. The lowest BCUT2D eigenvalue weighted by atomic mass is 9.70. The topological polar surface area (TPSA) is 0 Å². The van der Waals surface area contributed by atoms with E-state index in [1.165, 1.54) is 27.9 Å². The van der Waals surface area contributed by atoms with Gasteiger partial charge >= 0.3 is 0 Å². The van der Waals surface area contributed by atoms with Crippen molar-refractivity contribution in [1.82, 2.24) is 0 Å². The van der Waals surface area contributed by atoms with Crippen molar-refractivity contribution < 1.29 is 0 Å². The molecule has 3 aliphatic rings. The van der Waals surface area contributed by atoms with Crippen molar-refractivity contribution in [2.75, 3.05) is 0 Å². The van der Waals surface area contributed by atoms with Crippen LogP contribution in [0.4, 0.5) is 0 Å². The van der Waals surface area contributed by atoms with Crippen molar-refractivity contribution in [3.63, 3.8) is 0 Å². The summed E-state index contributed by atoms with van der Waals surface area (Å²) in [6, 6.07) is 0. The van der Waals surface area contributed by atoms with Crippen LogP contribution in [-0.4, -0.2) is 0 Å². The van der Waals surface area contributed by atoms with Crippen LogP contribution in [0.5, 0.6) is 0 Å². The second kappa shape index (κ2) is 4.30. The van der Waals surface area contributed by atoms with Gasteiger partial charge < -0.3 is 0 Å². The van der Waals surface area contributed by atoms with Gasteiger partial charge in [0.05, 0.1) is 0 Å². The van der Waals surface area contributed by atoms with E-state index in [9.17, 15) is 0 Å². The van der Waals surface area contributed by atoms with E-state index in [1.807, 2.05) is 6.08 Å². The fraction of sp³-hybridized carbons (Fsp3) is 0.111. The quantitative estimate of drug-likeness (QED) is 0.620. The largest absolute Gasteiger partial charge is 0.0990 e. The number of hydrogen-bond acceptors (Lipinski definition) is 0. The predicted molar refractivity (Wildman–Crippen MR) is 78.1 cm³/mol. The monoisotopic (exact) mass is 232 g/mol. The summed E-state index contributed by atoms with van der Waals surface area (Å²) in [6.45, 7) is 5.92. The van der Waals surface area contributed by atoms with Crippen LogP contribution in [0.15, 0.2) is 95.2 Å². The maximum absolute atomic E-state index is 3.84. The van der Waals surface area contributed by atoms with Crippen LogP contribution < -0.4 is 0 Å². The molecule has 0 spiro atoms. The lowest BCUT2D eigenvalue weighted by Gasteiger charge is -2.33. The van der Waals surface area contributed by atoms with Crippen LogP contribution >= 0.6 is 0 Å². The highest BCUT2D eigenvalue weighted by Crippen LogP contribution is 2.45. The van der Waals surface area contributed by atoms with Crippen molar-refractivity contribution >= 4 is 0 Å². The molecule has 0 aromatic carbocycles. The Balaban J connectivity index is 2.26. The van der Waals surface area contributed by atoms with Crippen molar-refractivity contribution in [2.45, 2.75) is 6.92 Å². The van der Waals surface area contributed by atoms with Crippen molar-refractivity contribution in [3.05, 3.63) is 95.2 Å². The molecule has 18 heavy (non-hydrogen) atoms. The molecule has 0 saturated heterocycles. The number of hydrogen-bond donors (Lipinski definition) is 0. The second-order valence-electron chi connectivity index (χ2n) is 4.64. The van der Waals surface area contributed by atoms with Crippen molar-refractivity contribution in [3.8, 4) is 0 Å². The predicted octanol–water partition coefficient (Wildman–Crippen LogP) is 4.59. The second-order valence-corrected chi connectivity index (χ2v) is 4.64. The summed E-state index contributed by atoms with van der Waals surface area (Å²) >= 11 is 0. The normalized spacial score (nSPS) is 28.7. The zero-order valence-corrected chi connectivity index (χ0v) is 10.6.